The van der Waals surface area contributed by atoms with Crippen LogP contribution >= 0.6 is 0 Å². The summed E-state index contributed by atoms with van der Waals surface area (Å²) in [7, 11) is 0. The van der Waals surface area contributed by atoms with Crippen LogP contribution in [0.5, 0.6) is 5.75 Å². The molecule has 0 radical (unpaired) electrons. The molecular weight excluding hydrogens is 250 g/mol. The van der Waals surface area contributed by atoms with Crippen LogP contribution < -0.4 is 4.74 Å². The third kappa shape index (κ3) is 3.33. The quantitative estimate of drug-likeness (QED) is 0.482. The van der Waals surface area contributed by atoms with Crippen LogP contribution in [0, 0.1) is 11.3 Å². The van der Waals surface area contributed by atoms with Gasteiger partial charge in [0.2, 0.25) is 0 Å². The van der Waals surface area contributed by atoms with Gasteiger partial charge in [0.05, 0.1) is 17.2 Å². The highest BCUT2D eigenvalue weighted by atomic mass is 16.5. The molecule has 2 aromatic rings. The van der Waals surface area contributed by atoms with E-state index in [1.165, 1.54) is 0 Å². The second-order valence-corrected chi connectivity index (χ2v) is 4.22. The summed E-state index contributed by atoms with van der Waals surface area (Å²) >= 11 is 0. The van der Waals surface area contributed by atoms with E-state index >= 15 is 0 Å². The maximum Gasteiger partial charge on any atom is 0.343 e. The van der Waals surface area contributed by atoms with Crippen LogP contribution in [0.25, 0.3) is 0 Å². The summed E-state index contributed by atoms with van der Waals surface area (Å²) in [5.74, 6) is 0.00373. The Morgan fingerprint density at radius 1 is 1.15 bits per heavy atom. The van der Waals surface area contributed by atoms with Gasteiger partial charge in [0, 0.05) is 0 Å². The number of ether oxygens (including phenoxy) is 1. The van der Waals surface area contributed by atoms with E-state index < -0.39 is 5.97 Å². The number of carbonyl (C=O) groups excluding carboxylic acids is 1. The molecule has 0 aliphatic carbocycles. The summed E-state index contributed by atoms with van der Waals surface area (Å²) in [6, 6.07) is 15.6. The Labute approximate surface area is 117 Å². The van der Waals surface area contributed by atoms with Gasteiger partial charge >= 0.3 is 5.97 Å². The Hall–Kier alpha value is -2.86. The number of esters is 1. The monoisotopic (exact) mass is 263 g/mol. The number of allylic oxidation sites excluding steroid dienone is 1. The van der Waals surface area contributed by atoms with Gasteiger partial charge in [0.1, 0.15) is 5.75 Å². The van der Waals surface area contributed by atoms with E-state index in [0.29, 0.717) is 16.9 Å². The second kappa shape index (κ2) is 6.35. The fraction of sp³-hybridized carbons (Fsp3) is 0.0588. The largest absolute Gasteiger partial charge is 0.423 e. The fourth-order valence-electron chi connectivity index (χ4n) is 1.71. The maximum atomic E-state index is 11.9. The zero-order chi connectivity index (χ0) is 14.4. The molecule has 0 aromatic heterocycles. The summed E-state index contributed by atoms with van der Waals surface area (Å²) in [4.78, 5) is 11.9. The maximum absolute atomic E-state index is 11.9. The molecule has 20 heavy (non-hydrogen) atoms. The summed E-state index contributed by atoms with van der Waals surface area (Å²) in [5.41, 5.74) is 2.11. The highest BCUT2D eigenvalue weighted by Gasteiger charge is 2.08. The van der Waals surface area contributed by atoms with Crippen molar-refractivity contribution in [2.45, 2.75) is 6.42 Å². The normalized spacial score (nSPS) is 9.55. The average molecular weight is 263 g/mol. The minimum absolute atomic E-state index is 0.417. The second-order valence-electron chi connectivity index (χ2n) is 4.22. The van der Waals surface area contributed by atoms with Crippen molar-refractivity contribution in [1.82, 2.24) is 0 Å². The molecule has 0 saturated carbocycles. The number of hydrogen-bond donors (Lipinski definition) is 0. The van der Waals surface area contributed by atoms with Crippen LogP contribution in [0.2, 0.25) is 0 Å². The lowest BCUT2D eigenvalue weighted by Gasteiger charge is -2.05. The minimum atomic E-state index is -0.417. The Bertz CT molecular complexity index is 649. The predicted molar refractivity (Wildman–Crippen MR) is 76.5 cm³/mol. The molecule has 0 aliphatic heterocycles. The topological polar surface area (TPSA) is 50.1 Å². The Morgan fingerprint density at radius 3 is 2.35 bits per heavy atom. The lowest BCUT2D eigenvalue weighted by molar-refractivity contribution is 0.0735. The van der Waals surface area contributed by atoms with Crippen LogP contribution in [-0.4, -0.2) is 5.97 Å². The van der Waals surface area contributed by atoms with E-state index in [4.69, 9.17) is 10.00 Å². The van der Waals surface area contributed by atoms with E-state index in [1.54, 1.807) is 36.4 Å². The molecule has 3 heteroatoms. The number of carbonyl (C=O) groups is 1. The zero-order valence-corrected chi connectivity index (χ0v) is 10.9. The standard InChI is InChI=1S/C17H13NO2/c1-2-3-13-4-8-15(9-5-13)17(19)20-16-10-6-14(12-18)7-11-16/h2,4-11H,1,3H2. The van der Waals surface area contributed by atoms with Gasteiger partial charge in [0.25, 0.3) is 0 Å². The summed E-state index contributed by atoms with van der Waals surface area (Å²) in [5, 5.41) is 8.69. The minimum Gasteiger partial charge on any atom is -0.423 e. The van der Waals surface area contributed by atoms with Crippen molar-refractivity contribution in [2.75, 3.05) is 0 Å². The molecular formula is C17H13NO2. The lowest BCUT2D eigenvalue weighted by Crippen LogP contribution is -2.08. The summed E-state index contributed by atoms with van der Waals surface area (Å²) in [6.07, 6.45) is 2.58. The molecule has 0 saturated heterocycles. The first-order valence-electron chi connectivity index (χ1n) is 6.15. The van der Waals surface area contributed by atoms with Gasteiger partial charge in [0.15, 0.2) is 0 Å². The highest BCUT2D eigenvalue weighted by molar-refractivity contribution is 5.91. The Morgan fingerprint density at radius 2 is 1.80 bits per heavy atom. The molecule has 2 rings (SSSR count). The van der Waals surface area contributed by atoms with Gasteiger partial charge in [-0.15, -0.1) is 6.58 Å². The highest BCUT2D eigenvalue weighted by Crippen LogP contribution is 2.14. The van der Waals surface area contributed by atoms with Gasteiger partial charge in [-0.2, -0.15) is 5.26 Å². The van der Waals surface area contributed by atoms with Gasteiger partial charge in [-0.1, -0.05) is 18.2 Å². The predicted octanol–water partition coefficient (Wildman–Crippen LogP) is 3.51. The van der Waals surface area contributed by atoms with Crippen molar-refractivity contribution in [3.63, 3.8) is 0 Å². The first kappa shape index (κ1) is 13.6. The van der Waals surface area contributed by atoms with Crippen LogP contribution in [-0.2, 0) is 6.42 Å². The van der Waals surface area contributed by atoms with E-state index in [2.05, 4.69) is 6.58 Å². The molecule has 2 aromatic carbocycles. The number of nitrogens with zero attached hydrogens (tertiary/aromatic N) is 1. The van der Waals surface area contributed by atoms with Gasteiger partial charge in [-0.05, 0) is 48.4 Å². The third-order valence-corrected chi connectivity index (χ3v) is 2.76. The van der Waals surface area contributed by atoms with Crippen molar-refractivity contribution in [1.29, 1.82) is 5.26 Å². The molecule has 0 amide bonds. The van der Waals surface area contributed by atoms with Crippen molar-refractivity contribution in [2.24, 2.45) is 0 Å². The third-order valence-electron chi connectivity index (χ3n) is 2.76. The van der Waals surface area contributed by atoms with E-state index in [-0.39, 0.29) is 0 Å². The molecule has 0 N–H and O–H groups in total. The number of rotatable bonds is 4. The van der Waals surface area contributed by atoms with E-state index in [9.17, 15) is 4.79 Å². The molecule has 0 heterocycles. The number of hydrogen-bond acceptors (Lipinski definition) is 3. The van der Waals surface area contributed by atoms with Crippen molar-refractivity contribution in [3.8, 4) is 11.8 Å². The van der Waals surface area contributed by atoms with Crippen molar-refractivity contribution in [3.05, 3.63) is 77.9 Å². The van der Waals surface area contributed by atoms with Crippen molar-refractivity contribution < 1.29 is 9.53 Å². The Balaban J connectivity index is 2.07. The van der Waals surface area contributed by atoms with Crippen molar-refractivity contribution >= 4 is 5.97 Å². The van der Waals surface area contributed by atoms with Crippen LogP contribution in [0.3, 0.4) is 0 Å². The molecule has 0 unspecified atom stereocenters. The summed E-state index contributed by atoms with van der Waals surface area (Å²) < 4.78 is 5.23. The van der Waals surface area contributed by atoms with Gasteiger partial charge in [-0.25, -0.2) is 4.79 Å². The molecule has 0 spiro atoms. The molecule has 0 atom stereocenters. The Kier molecular flexibility index (Phi) is 4.31. The molecule has 0 fully saturated rings. The fourth-order valence-corrected chi connectivity index (χ4v) is 1.71. The lowest BCUT2D eigenvalue weighted by atomic mass is 10.1. The summed E-state index contributed by atoms with van der Waals surface area (Å²) in [6.45, 7) is 3.67. The molecule has 98 valence electrons. The number of nitriles is 1. The number of benzene rings is 2. The first-order valence-corrected chi connectivity index (χ1v) is 6.15. The molecule has 0 aliphatic rings. The molecule has 0 bridgehead atoms. The van der Waals surface area contributed by atoms with Gasteiger partial charge < -0.3 is 4.74 Å². The van der Waals surface area contributed by atoms with Gasteiger partial charge in [-0.3, -0.25) is 0 Å². The van der Waals surface area contributed by atoms with E-state index in [0.717, 1.165) is 12.0 Å². The molecule has 3 nitrogen and oxygen atoms in total. The van der Waals surface area contributed by atoms with Crippen LogP contribution in [0.4, 0.5) is 0 Å². The SMILES string of the molecule is C=CCc1ccc(C(=O)Oc2ccc(C#N)cc2)cc1. The smallest absolute Gasteiger partial charge is 0.343 e. The zero-order valence-electron chi connectivity index (χ0n) is 10.9. The average Bonchev–Trinajstić information content (AvgIpc) is 2.49. The van der Waals surface area contributed by atoms with Crippen LogP contribution in [0.1, 0.15) is 21.5 Å². The van der Waals surface area contributed by atoms with Crippen LogP contribution in [0.15, 0.2) is 61.2 Å². The first-order chi connectivity index (χ1) is 9.72. The van der Waals surface area contributed by atoms with E-state index in [1.807, 2.05) is 24.3 Å².